The van der Waals surface area contributed by atoms with Crippen molar-refractivity contribution in [3.63, 3.8) is 0 Å². The molecule has 1 aromatic rings. The van der Waals surface area contributed by atoms with E-state index in [4.69, 9.17) is 5.26 Å². The summed E-state index contributed by atoms with van der Waals surface area (Å²) in [7, 11) is 0. The molecule has 130 valence electrons. The molecule has 1 saturated heterocycles. The summed E-state index contributed by atoms with van der Waals surface area (Å²) >= 11 is 0. The number of carbonyl (C=O) groups excluding carboxylic acids is 1. The third-order valence-electron chi connectivity index (χ3n) is 3.53. The van der Waals surface area contributed by atoms with Crippen molar-refractivity contribution in [2.24, 2.45) is 0 Å². The van der Waals surface area contributed by atoms with Crippen molar-refractivity contribution < 1.29 is 35.9 Å². The lowest BCUT2D eigenvalue weighted by Crippen LogP contribution is -2.37. The van der Waals surface area contributed by atoms with E-state index < -0.39 is 54.2 Å². The standard InChI is InChI=1S/C14H10F6N2O2/c1-7-10(3-2-8(5-21)11(7)14(18,19)20)22-9(4-13(15,16)17)6-24-12(22)23/h2-3,9H,4,6H2,1H3. The van der Waals surface area contributed by atoms with E-state index in [2.05, 4.69) is 4.74 Å². The van der Waals surface area contributed by atoms with Gasteiger partial charge in [-0.1, -0.05) is 0 Å². The molecule has 1 fully saturated rings. The Balaban J connectivity index is 2.55. The van der Waals surface area contributed by atoms with Gasteiger partial charge in [0, 0.05) is 0 Å². The van der Waals surface area contributed by atoms with Crippen molar-refractivity contribution in [1.29, 1.82) is 5.26 Å². The van der Waals surface area contributed by atoms with Crippen LogP contribution in [0.2, 0.25) is 0 Å². The topological polar surface area (TPSA) is 53.3 Å². The van der Waals surface area contributed by atoms with Gasteiger partial charge in [0.25, 0.3) is 0 Å². The molecule has 1 aliphatic rings. The second-order valence-electron chi connectivity index (χ2n) is 5.16. The summed E-state index contributed by atoms with van der Waals surface area (Å²) in [6, 6.07) is 1.75. The quantitative estimate of drug-likeness (QED) is 0.751. The predicted molar refractivity (Wildman–Crippen MR) is 69.2 cm³/mol. The van der Waals surface area contributed by atoms with E-state index in [-0.39, 0.29) is 5.69 Å². The smallest absolute Gasteiger partial charge is 0.418 e. The van der Waals surface area contributed by atoms with Gasteiger partial charge in [-0.3, -0.25) is 4.90 Å². The zero-order valence-corrected chi connectivity index (χ0v) is 12.1. The third-order valence-corrected chi connectivity index (χ3v) is 3.53. The van der Waals surface area contributed by atoms with Crippen molar-refractivity contribution in [3.05, 3.63) is 28.8 Å². The molecule has 10 heteroatoms. The lowest BCUT2D eigenvalue weighted by atomic mass is 9.99. The molecule has 0 aromatic heterocycles. The molecule has 0 aliphatic carbocycles. The number of nitrogens with zero attached hydrogens (tertiary/aromatic N) is 2. The molecule has 2 rings (SSSR count). The summed E-state index contributed by atoms with van der Waals surface area (Å²) in [4.78, 5) is 12.3. The Morgan fingerprint density at radius 2 is 1.92 bits per heavy atom. The molecule has 1 aromatic carbocycles. The minimum atomic E-state index is -4.89. The maximum absolute atomic E-state index is 13.2. The SMILES string of the molecule is Cc1c(N2C(=O)OCC2CC(F)(F)F)ccc(C#N)c1C(F)(F)F. The molecule has 0 bridgehead atoms. The Morgan fingerprint density at radius 3 is 2.42 bits per heavy atom. The number of hydrogen-bond donors (Lipinski definition) is 0. The lowest BCUT2D eigenvalue weighted by molar-refractivity contribution is -0.139. The second-order valence-corrected chi connectivity index (χ2v) is 5.16. The fourth-order valence-corrected chi connectivity index (χ4v) is 2.59. The zero-order chi connectivity index (χ0) is 18.3. The van der Waals surface area contributed by atoms with Gasteiger partial charge in [-0.25, -0.2) is 4.79 Å². The van der Waals surface area contributed by atoms with E-state index in [9.17, 15) is 31.1 Å². The van der Waals surface area contributed by atoms with Crippen molar-refractivity contribution >= 4 is 11.8 Å². The number of benzene rings is 1. The zero-order valence-electron chi connectivity index (χ0n) is 12.1. The number of ether oxygens (including phenoxy) is 1. The number of hydrogen-bond acceptors (Lipinski definition) is 3. The number of carbonyl (C=O) groups is 1. The van der Waals surface area contributed by atoms with Crippen LogP contribution >= 0.6 is 0 Å². The first-order valence-electron chi connectivity index (χ1n) is 6.59. The molecule has 1 amide bonds. The summed E-state index contributed by atoms with van der Waals surface area (Å²) < 4.78 is 81.8. The molecular formula is C14H10F6N2O2. The maximum atomic E-state index is 13.2. The predicted octanol–water partition coefficient (Wildman–Crippen LogP) is 4.16. The Kier molecular flexibility index (Phi) is 4.39. The van der Waals surface area contributed by atoms with E-state index >= 15 is 0 Å². The van der Waals surface area contributed by atoms with E-state index in [0.29, 0.717) is 4.90 Å². The molecule has 0 N–H and O–H groups in total. The largest absolute Gasteiger partial charge is 0.447 e. The number of nitriles is 1. The molecule has 0 spiro atoms. The first-order valence-corrected chi connectivity index (χ1v) is 6.59. The summed E-state index contributed by atoms with van der Waals surface area (Å²) in [5.74, 6) is 0. The highest BCUT2D eigenvalue weighted by Crippen LogP contribution is 2.40. The van der Waals surface area contributed by atoms with Gasteiger partial charge in [-0.15, -0.1) is 0 Å². The van der Waals surface area contributed by atoms with Gasteiger partial charge in [0.1, 0.15) is 6.61 Å². The van der Waals surface area contributed by atoms with Gasteiger partial charge in [0.05, 0.1) is 35.3 Å². The highest BCUT2D eigenvalue weighted by molar-refractivity contribution is 5.91. The van der Waals surface area contributed by atoms with Crippen LogP contribution in [0.4, 0.5) is 36.8 Å². The number of alkyl halides is 6. The minimum absolute atomic E-state index is 0.363. The van der Waals surface area contributed by atoms with Gasteiger partial charge < -0.3 is 4.74 Å². The van der Waals surface area contributed by atoms with Crippen LogP contribution in [0.1, 0.15) is 23.1 Å². The lowest BCUT2D eigenvalue weighted by Gasteiger charge is -2.25. The fraction of sp³-hybridized carbons (Fsp3) is 0.429. The molecule has 1 atom stereocenters. The number of amides is 1. The van der Waals surface area contributed by atoms with Crippen molar-refractivity contribution in [1.82, 2.24) is 0 Å². The summed E-state index contributed by atoms with van der Waals surface area (Å²) in [5.41, 5.74) is -2.83. The third kappa shape index (κ3) is 3.39. The van der Waals surface area contributed by atoms with Crippen molar-refractivity contribution in [3.8, 4) is 6.07 Å². The Morgan fingerprint density at radius 1 is 1.29 bits per heavy atom. The number of anilines is 1. The average Bonchev–Trinajstić information content (AvgIpc) is 2.76. The van der Waals surface area contributed by atoms with E-state index in [1.807, 2.05) is 0 Å². The monoisotopic (exact) mass is 352 g/mol. The van der Waals surface area contributed by atoms with Crippen LogP contribution in [0, 0.1) is 18.3 Å². The number of cyclic esters (lactones) is 1. The molecule has 1 unspecified atom stereocenters. The van der Waals surface area contributed by atoms with Crippen molar-refractivity contribution in [2.75, 3.05) is 11.5 Å². The Hall–Kier alpha value is -2.44. The normalized spacial score (nSPS) is 18.5. The van der Waals surface area contributed by atoms with E-state index in [0.717, 1.165) is 19.1 Å². The maximum Gasteiger partial charge on any atom is 0.418 e. The number of halogens is 6. The van der Waals surface area contributed by atoms with Crippen LogP contribution in [0.25, 0.3) is 0 Å². The molecule has 0 radical (unpaired) electrons. The number of rotatable bonds is 2. The summed E-state index contributed by atoms with van der Waals surface area (Å²) in [5, 5.41) is 8.82. The Bertz CT molecular complexity index is 705. The van der Waals surface area contributed by atoms with Gasteiger partial charge in [0.2, 0.25) is 0 Å². The van der Waals surface area contributed by atoms with E-state index in [1.165, 1.54) is 6.07 Å². The molecule has 1 heterocycles. The van der Waals surface area contributed by atoms with Crippen LogP contribution in [0.5, 0.6) is 0 Å². The van der Waals surface area contributed by atoms with Crippen LogP contribution in [0.15, 0.2) is 12.1 Å². The second kappa shape index (κ2) is 5.89. The molecule has 1 aliphatic heterocycles. The van der Waals surface area contributed by atoms with E-state index in [1.54, 1.807) is 0 Å². The van der Waals surface area contributed by atoms with Gasteiger partial charge >= 0.3 is 18.4 Å². The first-order chi connectivity index (χ1) is 11.0. The van der Waals surface area contributed by atoms with Gasteiger partial charge in [0.15, 0.2) is 0 Å². The van der Waals surface area contributed by atoms with Crippen LogP contribution in [-0.2, 0) is 10.9 Å². The van der Waals surface area contributed by atoms with Gasteiger partial charge in [-0.05, 0) is 24.6 Å². The van der Waals surface area contributed by atoms with Crippen LogP contribution < -0.4 is 4.90 Å². The molecular weight excluding hydrogens is 342 g/mol. The molecule has 0 saturated carbocycles. The summed E-state index contributed by atoms with van der Waals surface area (Å²) in [6.07, 6.45) is -12.1. The van der Waals surface area contributed by atoms with Crippen LogP contribution in [-0.4, -0.2) is 24.9 Å². The highest BCUT2D eigenvalue weighted by Gasteiger charge is 2.44. The first kappa shape index (κ1) is 17.9. The molecule has 24 heavy (non-hydrogen) atoms. The minimum Gasteiger partial charge on any atom is -0.447 e. The van der Waals surface area contributed by atoms with Gasteiger partial charge in [-0.2, -0.15) is 31.6 Å². The summed E-state index contributed by atoms with van der Waals surface area (Å²) in [6.45, 7) is 0.411. The fourth-order valence-electron chi connectivity index (χ4n) is 2.59. The van der Waals surface area contributed by atoms with Crippen molar-refractivity contribution in [2.45, 2.75) is 31.7 Å². The molecule has 4 nitrogen and oxygen atoms in total. The highest BCUT2D eigenvalue weighted by atomic mass is 19.4. The average molecular weight is 352 g/mol. The Labute approximate surface area is 132 Å². The van der Waals surface area contributed by atoms with Crippen LogP contribution in [0.3, 0.4) is 0 Å².